The molecule has 108 valence electrons. The highest BCUT2D eigenvalue weighted by Gasteiger charge is 2.18. The van der Waals surface area contributed by atoms with Crippen molar-refractivity contribution in [1.29, 1.82) is 0 Å². The van der Waals surface area contributed by atoms with Crippen LogP contribution in [0.3, 0.4) is 0 Å². The molecule has 1 aromatic rings. The van der Waals surface area contributed by atoms with Crippen LogP contribution in [0.4, 0.5) is 0 Å². The molecule has 0 aliphatic rings. The van der Waals surface area contributed by atoms with E-state index in [1.807, 2.05) is 6.07 Å². The lowest BCUT2D eigenvalue weighted by molar-refractivity contribution is 0.232. The number of rotatable bonds is 7. The zero-order valence-electron chi connectivity index (χ0n) is 12.6. The molecule has 0 unspecified atom stereocenters. The minimum absolute atomic E-state index is 0.271. The van der Waals surface area contributed by atoms with Gasteiger partial charge in [-0.1, -0.05) is 19.9 Å². The Bertz CT molecular complexity index is 405. The summed E-state index contributed by atoms with van der Waals surface area (Å²) in [4.78, 5) is 2.23. The Labute approximate surface area is 125 Å². The van der Waals surface area contributed by atoms with Crippen molar-refractivity contribution in [3.8, 4) is 5.75 Å². The number of halogens is 1. The number of nitrogens with zero attached hydrogens (tertiary/aromatic N) is 1. The first kappa shape index (κ1) is 16.5. The van der Waals surface area contributed by atoms with Gasteiger partial charge < -0.3 is 15.0 Å². The van der Waals surface area contributed by atoms with E-state index in [-0.39, 0.29) is 5.41 Å². The Morgan fingerprint density at radius 2 is 2.00 bits per heavy atom. The van der Waals surface area contributed by atoms with E-state index in [0.717, 1.165) is 29.9 Å². The molecule has 0 atom stereocenters. The minimum Gasteiger partial charge on any atom is -0.496 e. The van der Waals surface area contributed by atoms with Crippen molar-refractivity contribution in [1.82, 2.24) is 10.2 Å². The molecule has 0 saturated carbocycles. The van der Waals surface area contributed by atoms with Crippen LogP contribution in [-0.2, 0) is 6.54 Å². The predicted molar refractivity (Wildman–Crippen MR) is 84.7 cm³/mol. The quantitative estimate of drug-likeness (QED) is 0.832. The zero-order chi connectivity index (χ0) is 14.5. The van der Waals surface area contributed by atoms with Gasteiger partial charge in [-0.2, -0.15) is 0 Å². The third-order valence-electron chi connectivity index (χ3n) is 2.89. The smallest absolute Gasteiger partial charge is 0.133 e. The van der Waals surface area contributed by atoms with Crippen LogP contribution < -0.4 is 10.1 Å². The molecule has 0 bridgehead atoms. The molecule has 0 saturated heterocycles. The lowest BCUT2D eigenvalue weighted by Gasteiger charge is -2.28. The fraction of sp³-hybridized carbons (Fsp3) is 0.600. The number of methoxy groups -OCH3 is 1. The normalized spacial score (nSPS) is 11.9. The second-order valence-corrected chi connectivity index (χ2v) is 6.83. The molecule has 0 aliphatic heterocycles. The van der Waals surface area contributed by atoms with E-state index in [2.05, 4.69) is 66.2 Å². The first-order valence-corrected chi connectivity index (χ1v) is 7.31. The van der Waals surface area contributed by atoms with E-state index in [0.29, 0.717) is 0 Å². The number of ether oxygens (including phenoxy) is 1. The van der Waals surface area contributed by atoms with Gasteiger partial charge in [0.05, 0.1) is 11.6 Å². The van der Waals surface area contributed by atoms with Crippen molar-refractivity contribution in [2.75, 3.05) is 34.3 Å². The van der Waals surface area contributed by atoms with Gasteiger partial charge in [0.2, 0.25) is 0 Å². The number of nitrogens with one attached hydrogen (secondary N) is 1. The molecule has 0 radical (unpaired) electrons. The highest BCUT2D eigenvalue weighted by molar-refractivity contribution is 9.10. The molecule has 1 N–H and O–H groups in total. The molecular formula is C15H25BrN2O. The number of hydrogen-bond acceptors (Lipinski definition) is 3. The van der Waals surface area contributed by atoms with E-state index in [9.17, 15) is 0 Å². The summed E-state index contributed by atoms with van der Waals surface area (Å²) in [6.45, 7) is 7.51. The van der Waals surface area contributed by atoms with Crippen molar-refractivity contribution in [3.63, 3.8) is 0 Å². The largest absolute Gasteiger partial charge is 0.496 e. The molecule has 0 aromatic heterocycles. The van der Waals surface area contributed by atoms with Gasteiger partial charge in [0.25, 0.3) is 0 Å². The summed E-state index contributed by atoms with van der Waals surface area (Å²) in [5.74, 6) is 0.872. The molecule has 1 rings (SSSR count). The lowest BCUT2D eigenvalue weighted by Crippen LogP contribution is -2.37. The molecule has 0 fully saturated rings. The Morgan fingerprint density at radius 3 is 2.53 bits per heavy atom. The Kier molecular flexibility index (Phi) is 6.30. The Hall–Kier alpha value is -0.580. The van der Waals surface area contributed by atoms with E-state index < -0.39 is 0 Å². The molecule has 0 aliphatic carbocycles. The Balaban J connectivity index is 2.47. The van der Waals surface area contributed by atoms with Crippen molar-refractivity contribution in [2.24, 2.45) is 5.41 Å². The highest BCUT2D eigenvalue weighted by Crippen LogP contribution is 2.25. The van der Waals surface area contributed by atoms with Gasteiger partial charge in [0, 0.05) is 19.6 Å². The Morgan fingerprint density at radius 1 is 1.32 bits per heavy atom. The van der Waals surface area contributed by atoms with Gasteiger partial charge in [-0.25, -0.2) is 0 Å². The van der Waals surface area contributed by atoms with Crippen molar-refractivity contribution >= 4 is 15.9 Å². The van der Waals surface area contributed by atoms with Crippen molar-refractivity contribution in [2.45, 2.75) is 20.4 Å². The summed E-state index contributed by atoms with van der Waals surface area (Å²) in [7, 11) is 5.91. The second kappa shape index (κ2) is 7.27. The van der Waals surface area contributed by atoms with Crippen LogP contribution in [0.25, 0.3) is 0 Å². The molecule has 1 aromatic carbocycles. The second-order valence-electron chi connectivity index (χ2n) is 5.97. The van der Waals surface area contributed by atoms with Crippen LogP contribution in [0.5, 0.6) is 5.75 Å². The molecule has 0 heterocycles. The number of hydrogen-bond donors (Lipinski definition) is 1. The summed E-state index contributed by atoms with van der Waals surface area (Å²) >= 11 is 3.51. The fourth-order valence-corrected chi connectivity index (χ4v) is 2.87. The maximum atomic E-state index is 5.23. The van der Waals surface area contributed by atoms with Gasteiger partial charge >= 0.3 is 0 Å². The molecule has 19 heavy (non-hydrogen) atoms. The molecular weight excluding hydrogens is 304 g/mol. The van der Waals surface area contributed by atoms with Crippen molar-refractivity contribution in [3.05, 3.63) is 28.2 Å². The van der Waals surface area contributed by atoms with E-state index >= 15 is 0 Å². The topological polar surface area (TPSA) is 24.5 Å². The maximum Gasteiger partial charge on any atom is 0.133 e. The number of benzene rings is 1. The minimum atomic E-state index is 0.271. The van der Waals surface area contributed by atoms with Crippen LogP contribution in [0.15, 0.2) is 22.7 Å². The summed E-state index contributed by atoms with van der Waals surface area (Å²) in [6.07, 6.45) is 0. The van der Waals surface area contributed by atoms with Crippen LogP contribution in [0, 0.1) is 5.41 Å². The van der Waals surface area contributed by atoms with Crippen LogP contribution in [-0.4, -0.2) is 39.2 Å². The molecule has 0 spiro atoms. The summed E-state index contributed by atoms with van der Waals surface area (Å²) in [5.41, 5.74) is 1.53. The summed E-state index contributed by atoms with van der Waals surface area (Å²) in [6, 6.07) is 6.19. The first-order chi connectivity index (χ1) is 8.84. The lowest BCUT2D eigenvalue weighted by atomic mass is 9.93. The average molecular weight is 329 g/mol. The third kappa shape index (κ3) is 5.93. The molecule has 3 nitrogen and oxygen atoms in total. The average Bonchev–Trinajstić information content (AvgIpc) is 2.27. The molecule has 0 amide bonds. The van der Waals surface area contributed by atoms with Gasteiger partial charge in [0.1, 0.15) is 5.75 Å². The monoisotopic (exact) mass is 328 g/mol. The van der Waals surface area contributed by atoms with Gasteiger partial charge in [-0.05, 0) is 53.1 Å². The third-order valence-corrected chi connectivity index (χ3v) is 3.51. The SMILES string of the molecule is COc1ccc(CNCC(C)(C)CN(C)C)cc1Br. The zero-order valence-corrected chi connectivity index (χ0v) is 14.2. The van der Waals surface area contributed by atoms with Crippen LogP contribution in [0.2, 0.25) is 0 Å². The highest BCUT2D eigenvalue weighted by atomic mass is 79.9. The predicted octanol–water partition coefficient (Wildman–Crippen LogP) is 3.14. The fourth-order valence-electron chi connectivity index (χ4n) is 2.28. The van der Waals surface area contributed by atoms with E-state index in [1.165, 1.54) is 5.56 Å². The summed E-state index contributed by atoms with van der Waals surface area (Å²) < 4.78 is 6.23. The first-order valence-electron chi connectivity index (χ1n) is 6.52. The van der Waals surface area contributed by atoms with Gasteiger partial charge in [-0.15, -0.1) is 0 Å². The van der Waals surface area contributed by atoms with E-state index in [1.54, 1.807) is 7.11 Å². The van der Waals surface area contributed by atoms with Crippen LogP contribution in [0.1, 0.15) is 19.4 Å². The van der Waals surface area contributed by atoms with Gasteiger partial charge in [-0.3, -0.25) is 0 Å². The summed E-state index contributed by atoms with van der Waals surface area (Å²) in [5, 5.41) is 3.52. The van der Waals surface area contributed by atoms with Crippen molar-refractivity contribution < 1.29 is 4.74 Å². The van der Waals surface area contributed by atoms with Crippen LogP contribution >= 0.6 is 15.9 Å². The molecule has 4 heteroatoms. The van der Waals surface area contributed by atoms with E-state index in [4.69, 9.17) is 4.74 Å². The van der Waals surface area contributed by atoms with Gasteiger partial charge in [0.15, 0.2) is 0 Å². The standard InChI is InChI=1S/C15H25BrN2O/c1-15(2,11-18(3)4)10-17-9-12-6-7-14(19-5)13(16)8-12/h6-8,17H,9-11H2,1-5H3. The maximum absolute atomic E-state index is 5.23.